The fourth-order valence-electron chi connectivity index (χ4n) is 1.48. The van der Waals surface area contributed by atoms with Crippen LogP contribution in [0.5, 0.6) is 5.75 Å². The summed E-state index contributed by atoms with van der Waals surface area (Å²) in [6, 6.07) is 3.93. The van der Waals surface area contributed by atoms with Crippen molar-refractivity contribution in [1.29, 1.82) is 0 Å². The van der Waals surface area contributed by atoms with Gasteiger partial charge in [-0.1, -0.05) is 36.2 Å². The van der Waals surface area contributed by atoms with Gasteiger partial charge in [-0.05, 0) is 24.2 Å². The second kappa shape index (κ2) is 7.76. The third kappa shape index (κ3) is 5.23. The minimum atomic E-state index is -4.49. The van der Waals surface area contributed by atoms with E-state index < -0.39 is 11.7 Å². The largest absolute Gasteiger partial charge is 0.487 e. The number of benzene rings is 1. The number of hydrogen-bond donors (Lipinski definition) is 1. The fourth-order valence-corrected chi connectivity index (χ4v) is 1.60. The molecule has 0 amide bonds. The summed E-state index contributed by atoms with van der Waals surface area (Å²) >= 11 is 10.9. The third-order valence-electron chi connectivity index (χ3n) is 2.41. The minimum absolute atomic E-state index is 0.122. The second-order valence-electron chi connectivity index (χ2n) is 3.95. The maximum atomic E-state index is 13.0. The summed E-state index contributed by atoms with van der Waals surface area (Å²) in [6.07, 6.45) is -4.49. The van der Waals surface area contributed by atoms with E-state index in [-0.39, 0.29) is 17.4 Å². The van der Waals surface area contributed by atoms with Crippen LogP contribution in [0.3, 0.4) is 0 Å². The smallest absolute Gasteiger partial charge is 0.419 e. The summed E-state index contributed by atoms with van der Waals surface area (Å²) in [4.78, 5) is 0. The number of alkyl halides is 3. The highest BCUT2D eigenvalue weighted by Gasteiger charge is 2.34. The average Bonchev–Trinajstić information content (AvgIpc) is 2.41. The molecule has 7 heteroatoms. The molecule has 0 aliphatic carbocycles. The average molecular weight is 328 g/mol. The van der Waals surface area contributed by atoms with Gasteiger partial charge in [-0.2, -0.15) is 13.2 Å². The number of ether oxygens (including phenoxy) is 1. The van der Waals surface area contributed by atoms with Crippen LogP contribution in [0.1, 0.15) is 18.1 Å². The lowest BCUT2D eigenvalue weighted by Gasteiger charge is -2.15. The zero-order valence-electron chi connectivity index (χ0n) is 10.7. The summed E-state index contributed by atoms with van der Waals surface area (Å²) in [7, 11) is 0. The van der Waals surface area contributed by atoms with E-state index in [2.05, 4.69) is 5.32 Å². The molecule has 0 aliphatic rings. The summed E-state index contributed by atoms with van der Waals surface area (Å²) < 4.78 is 44.0. The van der Waals surface area contributed by atoms with E-state index >= 15 is 0 Å². The SMILES string of the molecule is CCNCc1ccc(OCC(Cl)=CCl)c(C(F)(F)F)c1. The lowest BCUT2D eigenvalue weighted by Crippen LogP contribution is -2.14. The Labute approximate surface area is 125 Å². The highest BCUT2D eigenvalue weighted by atomic mass is 35.5. The molecule has 0 aliphatic heterocycles. The van der Waals surface area contributed by atoms with Gasteiger partial charge in [0.2, 0.25) is 0 Å². The first kappa shape index (κ1) is 17.1. The van der Waals surface area contributed by atoms with Crippen molar-refractivity contribution < 1.29 is 17.9 Å². The van der Waals surface area contributed by atoms with Crippen LogP contribution in [0.25, 0.3) is 0 Å². The van der Waals surface area contributed by atoms with Crippen LogP contribution in [0, 0.1) is 0 Å². The van der Waals surface area contributed by atoms with Crippen LogP contribution in [0.15, 0.2) is 28.8 Å². The van der Waals surface area contributed by atoms with Gasteiger partial charge in [0.25, 0.3) is 0 Å². The minimum Gasteiger partial charge on any atom is -0.487 e. The van der Waals surface area contributed by atoms with Crippen molar-refractivity contribution in [3.8, 4) is 5.75 Å². The predicted octanol–water partition coefficient (Wildman–Crippen LogP) is 4.51. The summed E-state index contributed by atoms with van der Waals surface area (Å²) in [5.41, 5.74) is 0.756. The molecule has 0 aromatic heterocycles. The first-order valence-electron chi connectivity index (χ1n) is 5.86. The molecule has 1 N–H and O–H groups in total. The van der Waals surface area contributed by atoms with Crippen molar-refractivity contribution in [3.05, 3.63) is 39.9 Å². The van der Waals surface area contributed by atoms with Crippen LogP contribution in [-0.4, -0.2) is 13.2 Å². The Morgan fingerprint density at radius 1 is 1.40 bits per heavy atom. The van der Waals surface area contributed by atoms with E-state index in [0.29, 0.717) is 18.7 Å². The van der Waals surface area contributed by atoms with Crippen molar-refractivity contribution in [2.75, 3.05) is 13.2 Å². The number of nitrogens with one attached hydrogen (secondary N) is 1. The molecule has 20 heavy (non-hydrogen) atoms. The zero-order valence-corrected chi connectivity index (χ0v) is 12.2. The van der Waals surface area contributed by atoms with Crippen LogP contribution in [0.4, 0.5) is 13.2 Å². The van der Waals surface area contributed by atoms with E-state index in [1.165, 1.54) is 6.07 Å². The number of rotatable bonds is 6. The molecule has 0 saturated carbocycles. The van der Waals surface area contributed by atoms with Crippen molar-refractivity contribution in [1.82, 2.24) is 5.32 Å². The van der Waals surface area contributed by atoms with Crippen molar-refractivity contribution in [2.45, 2.75) is 19.6 Å². The molecule has 1 aromatic carbocycles. The lowest BCUT2D eigenvalue weighted by molar-refractivity contribution is -0.138. The van der Waals surface area contributed by atoms with E-state index in [9.17, 15) is 13.2 Å². The molecule has 1 aromatic rings. The maximum Gasteiger partial charge on any atom is 0.419 e. The van der Waals surface area contributed by atoms with Crippen molar-refractivity contribution in [2.24, 2.45) is 0 Å². The van der Waals surface area contributed by atoms with Gasteiger partial charge in [0.05, 0.1) is 10.6 Å². The molecule has 0 bridgehead atoms. The van der Waals surface area contributed by atoms with E-state index in [1.807, 2.05) is 6.92 Å². The Morgan fingerprint density at radius 3 is 2.65 bits per heavy atom. The standard InChI is InChI=1S/C13H14Cl2F3NO/c1-2-19-7-9-3-4-12(20-8-10(15)6-14)11(5-9)13(16,17)18/h3-6,19H,2,7-8H2,1H3. The third-order valence-corrected chi connectivity index (χ3v) is 3.01. The summed E-state index contributed by atoms with van der Waals surface area (Å²) in [5.74, 6) is -0.269. The van der Waals surface area contributed by atoms with Crippen LogP contribution in [0.2, 0.25) is 0 Å². The molecule has 0 fully saturated rings. The monoisotopic (exact) mass is 327 g/mol. The molecule has 112 valence electrons. The molecule has 0 heterocycles. The summed E-state index contributed by atoms with van der Waals surface area (Å²) in [6.45, 7) is 2.71. The topological polar surface area (TPSA) is 21.3 Å². The van der Waals surface area contributed by atoms with Gasteiger partial charge in [-0.25, -0.2) is 0 Å². The normalized spacial score (nSPS) is 12.6. The van der Waals surface area contributed by atoms with Gasteiger partial charge < -0.3 is 10.1 Å². The highest BCUT2D eigenvalue weighted by molar-refractivity contribution is 6.36. The lowest BCUT2D eigenvalue weighted by atomic mass is 10.1. The molecule has 0 saturated heterocycles. The van der Waals surface area contributed by atoms with Crippen LogP contribution < -0.4 is 10.1 Å². The first-order chi connectivity index (χ1) is 9.38. The van der Waals surface area contributed by atoms with E-state index in [0.717, 1.165) is 11.6 Å². The number of hydrogen-bond acceptors (Lipinski definition) is 2. The molecule has 0 atom stereocenters. The Bertz CT molecular complexity index is 475. The quantitative estimate of drug-likeness (QED) is 0.829. The molecule has 0 unspecified atom stereocenters. The molecule has 0 radical (unpaired) electrons. The van der Waals surface area contributed by atoms with Gasteiger partial charge in [-0.3, -0.25) is 0 Å². The Balaban J connectivity index is 2.98. The van der Waals surface area contributed by atoms with E-state index in [1.54, 1.807) is 6.07 Å². The molecule has 2 nitrogen and oxygen atoms in total. The Morgan fingerprint density at radius 2 is 2.10 bits per heavy atom. The van der Waals surface area contributed by atoms with Crippen LogP contribution in [-0.2, 0) is 12.7 Å². The molecule has 1 rings (SSSR count). The number of halogens is 5. The first-order valence-corrected chi connectivity index (χ1v) is 6.68. The van der Waals surface area contributed by atoms with Gasteiger partial charge in [0.1, 0.15) is 12.4 Å². The Kier molecular flexibility index (Phi) is 6.65. The van der Waals surface area contributed by atoms with Gasteiger partial charge in [0, 0.05) is 12.1 Å². The van der Waals surface area contributed by atoms with Gasteiger partial charge in [0.15, 0.2) is 0 Å². The van der Waals surface area contributed by atoms with Crippen molar-refractivity contribution in [3.63, 3.8) is 0 Å². The summed E-state index contributed by atoms with van der Waals surface area (Å²) in [5, 5.41) is 3.09. The fraction of sp³-hybridized carbons (Fsp3) is 0.385. The molecule has 0 spiro atoms. The van der Waals surface area contributed by atoms with Gasteiger partial charge >= 0.3 is 6.18 Å². The Hall–Kier alpha value is -0.910. The predicted molar refractivity (Wildman–Crippen MR) is 74.1 cm³/mol. The molecular formula is C13H14Cl2F3NO. The molecular weight excluding hydrogens is 314 g/mol. The highest BCUT2D eigenvalue weighted by Crippen LogP contribution is 2.37. The van der Waals surface area contributed by atoms with Crippen LogP contribution >= 0.6 is 23.2 Å². The second-order valence-corrected chi connectivity index (χ2v) is 4.66. The maximum absolute atomic E-state index is 13.0. The van der Waals surface area contributed by atoms with E-state index in [4.69, 9.17) is 27.9 Å². The van der Waals surface area contributed by atoms with Gasteiger partial charge in [-0.15, -0.1) is 0 Å². The zero-order chi connectivity index (χ0) is 15.2. The van der Waals surface area contributed by atoms with Crippen molar-refractivity contribution >= 4 is 23.2 Å².